The van der Waals surface area contributed by atoms with Crippen LogP contribution >= 0.6 is 0 Å². The van der Waals surface area contributed by atoms with E-state index in [2.05, 4.69) is 16.0 Å². The Balaban J connectivity index is 1.81. The molecule has 0 aliphatic rings. The van der Waals surface area contributed by atoms with Crippen molar-refractivity contribution in [3.8, 4) is 28.2 Å². The number of fused-ring (bicyclic) bond motifs is 1. The van der Waals surface area contributed by atoms with Gasteiger partial charge in [-0.05, 0) is 66.1 Å². The third kappa shape index (κ3) is 6.40. The first-order chi connectivity index (χ1) is 19.2. The number of benzene rings is 3. The van der Waals surface area contributed by atoms with Crippen LogP contribution in [0.5, 0.6) is 5.75 Å². The normalized spacial score (nSPS) is 10.9. The third-order valence-electron chi connectivity index (χ3n) is 6.13. The standard InChI is InChI=1S/C30H31FN4O5/c1-17(2)16-35-28(36)20-7-10-24(39-13-12-34-30(32)38)22(15-20)19-6-11-25-23(14-19)26(29(37)33-3)27(40-25)18-4-8-21(31)9-5-18/h4-11,14-15,17H,12-13,16H2,1-3H3,(H,33,37)(H,35,36)(H3,32,34,38). The molecule has 10 heteroatoms. The highest BCUT2D eigenvalue weighted by Gasteiger charge is 2.23. The van der Waals surface area contributed by atoms with Crippen LogP contribution in [0.15, 0.2) is 65.1 Å². The van der Waals surface area contributed by atoms with Crippen molar-refractivity contribution in [1.82, 2.24) is 16.0 Å². The molecule has 4 aromatic rings. The zero-order valence-electron chi connectivity index (χ0n) is 22.5. The average molecular weight is 547 g/mol. The fourth-order valence-electron chi connectivity index (χ4n) is 4.18. The number of carbonyl (C=O) groups excluding carboxylic acids is 3. The molecule has 0 unspecified atom stereocenters. The molecule has 208 valence electrons. The molecule has 0 saturated carbocycles. The van der Waals surface area contributed by atoms with Gasteiger partial charge in [0.2, 0.25) is 0 Å². The number of primary amides is 1. The molecule has 0 fully saturated rings. The number of nitrogens with two attached hydrogens (primary N) is 1. The second-order valence-corrected chi connectivity index (χ2v) is 9.56. The molecule has 0 atom stereocenters. The van der Waals surface area contributed by atoms with Crippen molar-refractivity contribution < 1.29 is 27.9 Å². The van der Waals surface area contributed by atoms with Gasteiger partial charge in [-0.2, -0.15) is 0 Å². The first-order valence-corrected chi connectivity index (χ1v) is 12.8. The number of urea groups is 1. The van der Waals surface area contributed by atoms with Crippen molar-refractivity contribution in [2.24, 2.45) is 11.7 Å². The van der Waals surface area contributed by atoms with Gasteiger partial charge in [-0.15, -0.1) is 0 Å². The van der Waals surface area contributed by atoms with E-state index in [0.717, 1.165) is 0 Å². The van der Waals surface area contributed by atoms with E-state index in [0.29, 0.717) is 56.8 Å². The Hall–Kier alpha value is -4.86. The van der Waals surface area contributed by atoms with E-state index in [1.54, 1.807) is 48.5 Å². The maximum Gasteiger partial charge on any atom is 0.312 e. The summed E-state index contributed by atoms with van der Waals surface area (Å²) < 4.78 is 25.5. The summed E-state index contributed by atoms with van der Waals surface area (Å²) in [5.74, 6) is 0.0549. The molecule has 0 saturated heterocycles. The van der Waals surface area contributed by atoms with Gasteiger partial charge in [-0.1, -0.05) is 19.9 Å². The predicted octanol–water partition coefficient (Wildman–Crippen LogP) is 4.70. The highest BCUT2D eigenvalue weighted by atomic mass is 19.1. The molecule has 9 nitrogen and oxygen atoms in total. The van der Waals surface area contributed by atoms with E-state index in [9.17, 15) is 18.8 Å². The molecule has 0 radical (unpaired) electrons. The van der Waals surface area contributed by atoms with Crippen LogP contribution in [0.2, 0.25) is 0 Å². The minimum Gasteiger partial charge on any atom is -0.491 e. The number of furan rings is 1. The third-order valence-corrected chi connectivity index (χ3v) is 6.13. The first-order valence-electron chi connectivity index (χ1n) is 12.8. The Kier molecular flexibility index (Phi) is 8.68. The van der Waals surface area contributed by atoms with E-state index in [1.807, 2.05) is 13.8 Å². The van der Waals surface area contributed by atoms with Gasteiger partial charge in [0, 0.05) is 35.7 Å². The Bertz CT molecular complexity index is 1550. The van der Waals surface area contributed by atoms with Crippen LogP contribution in [-0.2, 0) is 0 Å². The number of hydrogen-bond donors (Lipinski definition) is 4. The van der Waals surface area contributed by atoms with Crippen molar-refractivity contribution in [3.05, 3.63) is 77.6 Å². The van der Waals surface area contributed by atoms with E-state index in [-0.39, 0.29) is 30.9 Å². The molecule has 4 amide bonds. The van der Waals surface area contributed by atoms with Gasteiger partial charge in [-0.3, -0.25) is 9.59 Å². The summed E-state index contributed by atoms with van der Waals surface area (Å²) in [4.78, 5) is 36.9. The second-order valence-electron chi connectivity index (χ2n) is 9.56. The Morgan fingerprint density at radius 3 is 2.35 bits per heavy atom. The molecule has 1 aromatic heterocycles. The summed E-state index contributed by atoms with van der Waals surface area (Å²) in [6.07, 6.45) is 0. The summed E-state index contributed by atoms with van der Waals surface area (Å²) in [6, 6.07) is 15.4. The maximum absolute atomic E-state index is 13.6. The smallest absolute Gasteiger partial charge is 0.312 e. The largest absolute Gasteiger partial charge is 0.491 e. The van der Waals surface area contributed by atoms with Crippen LogP contribution in [0.4, 0.5) is 9.18 Å². The van der Waals surface area contributed by atoms with Gasteiger partial charge in [0.25, 0.3) is 11.8 Å². The lowest BCUT2D eigenvalue weighted by molar-refractivity contribution is 0.0945. The zero-order valence-corrected chi connectivity index (χ0v) is 22.5. The SMILES string of the molecule is CNC(=O)c1c(-c2ccc(F)cc2)oc2ccc(-c3cc(C(=O)NCC(C)C)ccc3OCCNC(N)=O)cc12. The van der Waals surface area contributed by atoms with Crippen LogP contribution in [0.25, 0.3) is 33.4 Å². The molecule has 4 rings (SSSR count). The van der Waals surface area contributed by atoms with Crippen molar-refractivity contribution in [2.45, 2.75) is 13.8 Å². The van der Waals surface area contributed by atoms with Crippen LogP contribution in [-0.4, -0.2) is 44.6 Å². The molecule has 0 aliphatic carbocycles. The Morgan fingerprint density at radius 1 is 0.950 bits per heavy atom. The number of hydrogen-bond acceptors (Lipinski definition) is 5. The summed E-state index contributed by atoms with van der Waals surface area (Å²) in [5, 5.41) is 8.57. The highest BCUT2D eigenvalue weighted by Crippen LogP contribution is 2.38. The van der Waals surface area contributed by atoms with Crippen molar-refractivity contribution in [2.75, 3.05) is 26.7 Å². The highest BCUT2D eigenvalue weighted by molar-refractivity contribution is 6.12. The van der Waals surface area contributed by atoms with Crippen LogP contribution in [0.3, 0.4) is 0 Å². The van der Waals surface area contributed by atoms with E-state index in [1.165, 1.54) is 19.2 Å². The minimum absolute atomic E-state index is 0.140. The quantitative estimate of drug-likeness (QED) is 0.214. The lowest BCUT2D eigenvalue weighted by Crippen LogP contribution is -2.32. The van der Waals surface area contributed by atoms with Crippen molar-refractivity contribution in [1.29, 1.82) is 0 Å². The van der Waals surface area contributed by atoms with Crippen LogP contribution < -0.4 is 26.4 Å². The van der Waals surface area contributed by atoms with Crippen LogP contribution in [0, 0.1) is 11.7 Å². The van der Waals surface area contributed by atoms with Gasteiger partial charge < -0.3 is 30.8 Å². The molecule has 1 heterocycles. The Morgan fingerprint density at radius 2 is 1.68 bits per heavy atom. The fraction of sp³-hybridized carbons (Fsp3) is 0.233. The zero-order chi connectivity index (χ0) is 28.8. The minimum atomic E-state index is -0.662. The van der Waals surface area contributed by atoms with E-state index in [4.69, 9.17) is 14.9 Å². The molecule has 3 aromatic carbocycles. The molecule has 5 N–H and O–H groups in total. The van der Waals surface area contributed by atoms with Gasteiger partial charge in [0.1, 0.15) is 29.5 Å². The van der Waals surface area contributed by atoms with Gasteiger partial charge in [0.15, 0.2) is 0 Å². The molecular weight excluding hydrogens is 515 g/mol. The summed E-state index contributed by atoms with van der Waals surface area (Å²) in [5.41, 5.74) is 8.15. The summed E-state index contributed by atoms with van der Waals surface area (Å²) in [6.45, 7) is 4.86. The topological polar surface area (TPSA) is 136 Å². The average Bonchev–Trinajstić information content (AvgIpc) is 3.32. The number of ether oxygens (including phenoxy) is 1. The van der Waals surface area contributed by atoms with Crippen molar-refractivity contribution in [3.63, 3.8) is 0 Å². The van der Waals surface area contributed by atoms with Crippen LogP contribution in [0.1, 0.15) is 34.6 Å². The number of carbonyl (C=O) groups is 3. The summed E-state index contributed by atoms with van der Waals surface area (Å²) >= 11 is 0. The molecule has 0 bridgehead atoms. The van der Waals surface area contributed by atoms with E-state index >= 15 is 0 Å². The van der Waals surface area contributed by atoms with Gasteiger partial charge in [0.05, 0.1) is 12.1 Å². The van der Waals surface area contributed by atoms with Gasteiger partial charge in [-0.25, -0.2) is 9.18 Å². The first kappa shape index (κ1) is 28.2. The molecule has 0 spiro atoms. The molecule has 40 heavy (non-hydrogen) atoms. The fourth-order valence-corrected chi connectivity index (χ4v) is 4.18. The van der Waals surface area contributed by atoms with Gasteiger partial charge >= 0.3 is 6.03 Å². The Labute approximate surface area is 230 Å². The number of halogens is 1. The lowest BCUT2D eigenvalue weighted by Gasteiger charge is -2.15. The number of nitrogens with one attached hydrogen (secondary N) is 3. The number of rotatable bonds is 10. The maximum atomic E-state index is 13.6. The number of amides is 4. The van der Waals surface area contributed by atoms with E-state index < -0.39 is 11.8 Å². The summed E-state index contributed by atoms with van der Waals surface area (Å²) in [7, 11) is 1.52. The van der Waals surface area contributed by atoms with Crippen molar-refractivity contribution >= 4 is 28.8 Å². The lowest BCUT2D eigenvalue weighted by atomic mass is 9.98. The monoisotopic (exact) mass is 546 g/mol. The molecular formula is C30H31FN4O5. The second kappa shape index (κ2) is 12.3. The predicted molar refractivity (Wildman–Crippen MR) is 151 cm³/mol. The molecule has 0 aliphatic heterocycles.